The highest BCUT2D eigenvalue weighted by Crippen LogP contribution is 2.23. The maximum atomic E-state index is 8.29. The van der Waals surface area contributed by atoms with Crippen molar-refractivity contribution in [1.82, 2.24) is 4.31 Å². The molecule has 5 heteroatoms. The highest BCUT2D eigenvalue weighted by molar-refractivity contribution is 7.98. The first-order valence-electron chi connectivity index (χ1n) is 3.11. The molecule has 0 bridgehead atoms. The second kappa shape index (κ2) is 6.82. The molecule has 0 rings (SSSR count). The van der Waals surface area contributed by atoms with Crippen LogP contribution in [0.3, 0.4) is 0 Å². The zero-order valence-electron chi connectivity index (χ0n) is 7.58. The Bertz CT molecular complexity index is 125. The van der Waals surface area contributed by atoms with Gasteiger partial charge in [0.05, 0.1) is 0 Å². The minimum Gasteiger partial charge on any atom is -0.256 e. The lowest BCUT2D eigenvalue weighted by molar-refractivity contribution is 0.630. The Morgan fingerprint density at radius 1 is 1.09 bits per heavy atom. The van der Waals surface area contributed by atoms with E-state index in [2.05, 4.69) is 39.2 Å². The van der Waals surface area contributed by atoms with E-state index < -0.39 is 11.6 Å². The van der Waals surface area contributed by atoms with E-state index in [-0.39, 0.29) is 0 Å². The van der Waals surface area contributed by atoms with Crippen LogP contribution in [0.1, 0.15) is 20.8 Å². The molecule has 0 saturated heterocycles. The Labute approximate surface area is 76.3 Å². The largest absolute Gasteiger partial charge is 0.335 e. The Morgan fingerprint density at radius 3 is 1.36 bits per heavy atom. The predicted molar refractivity (Wildman–Crippen MR) is 50.0 cm³/mol. The smallest absolute Gasteiger partial charge is 0.256 e. The van der Waals surface area contributed by atoms with Crippen molar-refractivity contribution in [2.75, 3.05) is 14.1 Å². The summed E-state index contributed by atoms with van der Waals surface area (Å²) in [7, 11) is 4.13. The van der Waals surface area contributed by atoms with Gasteiger partial charge in [-0.2, -0.15) is 8.42 Å². The second-order valence-corrected chi connectivity index (χ2v) is 5.36. The van der Waals surface area contributed by atoms with Crippen molar-refractivity contribution < 1.29 is 8.42 Å². The summed E-state index contributed by atoms with van der Waals surface area (Å²) in [6.45, 7) is 6.62. The van der Waals surface area contributed by atoms with Gasteiger partial charge in [0.2, 0.25) is 0 Å². The molecule has 0 saturated carbocycles. The predicted octanol–water partition coefficient (Wildman–Crippen LogP) is 1.32. The summed E-state index contributed by atoms with van der Waals surface area (Å²) < 4.78 is 19.1. The minimum absolute atomic E-state index is 0.365. The number of rotatable bonds is 1. The molecule has 11 heavy (non-hydrogen) atoms. The van der Waals surface area contributed by atoms with Crippen molar-refractivity contribution in [2.45, 2.75) is 25.5 Å². The van der Waals surface area contributed by atoms with Crippen molar-refractivity contribution in [2.24, 2.45) is 0 Å². The average Bonchev–Trinajstić information content (AvgIpc) is 1.57. The summed E-state index contributed by atoms with van der Waals surface area (Å²) in [5, 5.41) is 0. The van der Waals surface area contributed by atoms with Crippen molar-refractivity contribution in [1.29, 1.82) is 0 Å². The van der Waals surface area contributed by atoms with Crippen LogP contribution in [0.15, 0.2) is 0 Å². The van der Waals surface area contributed by atoms with Gasteiger partial charge in [-0.3, -0.25) is 4.31 Å². The van der Waals surface area contributed by atoms with Crippen LogP contribution >= 0.6 is 11.9 Å². The lowest BCUT2D eigenvalue weighted by Gasteiger charge is -2.21. The van der Waals surface area contributed by atoms with E-state index in [9.17, 15) is 0 Å². The van der Waals surface area contributed by atoms with Crippen LogP contribution in [-0.4, -0.2) is 31.6 Å². The first-order valence-corrected chi connectivity index (χ1v) is 4.55. The summed E-state index contributed by atoms with van der Waals surface area (Å²) in [5.74, 6) is 0. The zero-order valence-corrected chi connectivity index (χ0v) is 9.21. The summed E-state index contributed by atoms with van der Waals surface area (Å²) in [6.07, 6.45) is 0. The lowest BCUT2D eigenvalue weighted by Crippen LogP contribution is -2.15. The molecule has 68 valence electrons. The third kappa shape index (κ3) is 25.4. The maximum Gasteiger partial charge on any atom is 0.335 e. The van der Waals surface area contributed by atoms with E-state index in [0.717, 1.165) is 0 Å². The van der Waals surface area contributed by atoms with Crippen molar-refractivity contribution in [3.05, 3.63) is 0 Å². The molecule has 0 atom stereocenters. The van der Waals surface area contributed by atoms with E-state index in [1.807, 2.05) is 11.9 Å². The Hall–Kier alpha value is 0.130. The van der Waals surface area contributed by atoms with E-state index in [1.54, 1.807) is 0 Å². The van der Waals surface area contributed by atoms with Crippen LogP contribution in [0.2, 0.25) is 0 Å². The van der Waals surface area contributed by atoms with Gasteiger partial charge in [0.25, 0.3) is 0 Å². The number of nitrogens with zero attached hydrogens (tertiary/aromatic N) is 1. The summed E-state index contributed by atoms with van der Waals surface area (Å²) in [6, 6.07) is 0. The molecule has 0 aliphatic rings. The first-order chi connectivity index (χ1) is 4.83. The summed E-state index contributed by atoms with van der Waals surface area (Å²) >= 11 is 1.09. The fourth-order valence-corrected chi connectivity index (χ4v) is 1.64. The molecule has 0 fully saturated rings. The van der Waals surface area contributed by atoms with Crippen LogP contribution in [0.25, 0.3) is 0 Å². The fraction of sp³-hybridized carbons (Fsp3) is 1.00. The molecule has 0 aliphatic heterocycles. The molecule has 3 nitrogen and oxygen atoms in total. The van der Waals surface area contributed by atoms with Crippen molar-refractivity contribution in [3.63, 3.8) is 0 Å². The van der Waals surface area contributed by atoms with Crippen LogP contribution in [-0.2, 0) is 11.6 Å². The van der Waals surface area contributed by atoms with Gasteiger partial charge in [-0.05, 0) is 34.9 Å². The Morgan fingerprint density at radius 2 is 1.36 bits per heavy atom. The van der Waals surface area contributed by atoms with E-state index in [4.69, 9.17) is 8.42 Å². The quantitative estimate of drug-likeness (QED) is 0.594. The molecule has 0 aromatic carbocycles. The van der Waals surface area contributed by atoms with Gasteiger partial charge in [-0.15, -0.1) is 0 Å². The molecule has 0 radical (unpaired) electrons. The Kier molecular flexibility index (Phi) is 8.49. The molecule has 0 unspecified atom stereocenters. The van der Waals surface area contributed by atoms with Gasteiger partial charge in [0.15, 0.2) is 0 Å². The van der Waals surface area contributed by atoms with Crippen LogP contribution in [0, 0.1) is 0 Å². The normalized spacial score (nSPS) is 10.4. The first kappa shape index (κ1) is 13.7. The van der Waals surface area contributed by atoms with Crippen LogP contribution < -0.4 is 0 Å². The van der Waals surface area contributed by atoms with Crippen molar-refractivity contribution in [3.8, 4) is 0 Å². The van der Waals surface area contributed by atoms with Gasteiger partial charge in [-0.25, -0.2) is 0 Å². The molecule has 0 spiro atoms. The maximum absolute atomic E-state index is 8.29. The third-order valence-electron chi connectivity index (χ3n) is 0.456. The zero-order chi connectivity index (χ0) is 9.49. The van der Waals surface area contributed by atoms with Crippen LogP contribution in [0.5, 0.6) is 0 Å². The monoisotopic (exact) mass is 197 g/mol. The number of hydrogen-bond acceptors (Lipinski definition) is 4. The second-order valence-electron chi connectivity index (χ2n) is 3.08. The van der Waals surface area contributed by atoms with E-state index in [0.29, 0.717) is 4.75 Å². The fourth-order valence-electron chi connectivity index (χ4n) is 0.548. The minimum atomic E-state index is -0.750. The third-order valence-corrected chi connectivity index (χ3v) is 1.37. The van der Waals surface area contributed by atoms with Gasteiger partial charge >= 0.3 is 11.6 Å². The summed E-state index contributed by atoms with van der Waals surface area (Å²) in [5.41, 5.74) is 0. The molecule has 0 N–H and O–H groups in total. The summed E-state index contributed by atoms with van der Waals surface area (Å²) in [4.78, 5) is 0. The van der Waals surface area contributed by atoms with E-state index >= 15 is 0 Å². The molecular weight excluding hydrogens is 182 g/mol. The highest BCUT2D eigenvalue weighted by Gasteiger charge is 2.10. The molecule has 0 amide bonds. The number of hydrogen-bond donors (Lipinski definition) is 0. The highest BCUT2D eigenvalue weighted by atomic mass is 32.2. The van der Waals surface area contributed by atoms with Gasteiger partial charge < -0.3 is 0 Å². The van der Waals surface area contributed by atoms with Gasteiger partial charge in [-0.1, -0.05) is 11.9 Å². The molecule has 0 aromatic rings. The van der Waals surface area contributed by atoms with Gasteiger partial charge in [0, 0.05) is 4.75 Å². The van der Waals surface area contributed by atoms with Crippen molar-refractivity contribution >= 4 is 23.5 Å². The van der Waals surface area contributed by atoms with Gasteiger partial charge in [0.1, 0.15) is 0 Å². The van der Waals surface area contributed by atoms with E-state index in [1.165, 1.54) is 0 Å². The molecular formula is C6H15NO2S2. The molecule has 0 heterocycles. The lowest BCUT2D eigenvalue weighted by atomic mass is 10.3. The van der Waals surface area contributed by atoms with Crippen LogP contribution in [0.4, 0.5) is 0 Å². The Balaban J connectivity index is 0. The average molecular weight is 197 g/mol. The topological polar surface area (TPSA) is 37.4 Å². The standard InChI is InChI=1S/C6H15NS.O2S/c1-6(2,3)8-7(4)5;1-3-2/h1-5H3;. The molecule has 0 aliphatic carbocycles. The SMILES string of the molecule is CN(C)SC(C)(C)C.O=S=O. The molecule has 0 aromatic heterocycles.